The molecule has 1 aromatic carbocycles. The molecule has 5 heteroatoms. The third kappa shape index (κ3) is 2.24. The molecule has 0 aliphatic heterocycles. The summed E-state index contributed by atoms with van der Waals surface area (Å²) in [6.07, 6.45) is 3.70. The van der Waals surface area contributed by atoms with E-state index < -0.39 is 10.4 Å². The van der Waals surface area contributed by atoms with E-state index in [9.17, 15) is 4.55 Å². The minimum absolute atomic E-state index is 0.625. The normalized spacial score (nSPS) is 12.8. The number of nitrogens with zero attached hydrogens (tertiary/aromatic N) is 2. The first-order valence-electron chi connectivity index (χ1n) is 4.77. The zero-order valence-electron chi connectivity index (χ0n) is 8.98. The molecule has 0 aliphatic rings. The Morgan fingerprint density at radius 3 is 2.62 bits per heavy atom. The number of benzene rings is 1. The molecule has 0 aliphatic carbocycles. The monoisotopic (exact) mass is 254 g/mol. The molecule has 0 saturated carbocycles. The topological polar surface area (TPSA) is 40.9 Å². The van der Waals surface area contributed by atoms with Crippen LogP contribution in [0.5, 0.6) is 0 Å². The summed E-state index contributed by atoms with van der Waals surface area (Å²) < 4.78 is 13.0. The van der Waals surface area contributed by atoms with Gasteiger partial charge in [-0.1, -0.05) is 0 Å². The fraction of sp³-hybridized carbons (Fsp3) is 0.182. The van der Waals surface area contributed by atoms with Crippen LogP contribution in [0.4, 0.5) is 0 Å². The summed E-state index contributed by atoms with van der Waals surface area (Å²) in [6.45, 7) is 3.89. The summed E-state index contributed by atoms with van der Waals surface area (Å²) in [4.78, 5) is 4.79. The average Bonchev–Trinajstić information content (AvgIpc) is 2.64. The van der Waals surface area contributed by atoms with Crippen LogP contribution in [-0.4, -0.2) is 14.1 Å². The largest absolute Gasteiger partial charge is 0.594 e. The molecule has 0 amide bonds. The minimum atomic E-state index is -1.45. The fourth-order valence-corrected chi connectivity index (χ4v) is 2.30. The van der Waals surface area contributed by atoms with E-state index in [0.717, 1.165) is 16.9 Å². The van der Waals surface area contributed by atoms with E-state index in [0.29, 0.717) is 4.90 Å². The van der Waals surface area contributed by atoms with Gasteiger partial charge in [-0.25, -0.2) is 4.98 Å². The number of rotatable bonds is 2. The van der Waals surface area contributed by atoms with E-state index in [1.165, 1.54) is 0 Å². The third-order valence-electron chi connectivity index (χ3n) is 2.34. The molecule has 1 unspecified atom stereocenters. The van der Waals surface area contributed by atoms with Crippen molar-refractivity contribution in [2.24, 2.45) is 0 Å². The highest BCUT2D eigenvalue weighted by molar-refractivity contribution is 8.13. The molecule has 0 saturated heterocycles. The second-order valence-electron chi connectivity index (χ2n) is 3.59. The van der Waals surface area contributed by atoms with Gasteiger partial charge in [-0.05, 0) is 37.6 Å². The fourth-order valence-electron chi connectivity index (χ4n) is 1.57. The van der Waals surface area contributed by atoms with Crippen LogP contribution in [0.2, 0.25) is 0 Å². The summed E-state index contributed by atoms with van der Waals surface area (Å²) in [7, 11) is 4.08. The maximum atomic E-state index is 11.1. The van der Waals surface area contributed by atoms with Crippen molar-refractivity contribution in [2.45, 2.75) is 18.7 Å². The molecule has 1 heterocycles. The van der Waals surface area contributed by atoms with Crippen LogP contribution in [0, 0.1) is 13.8 Å². The lowest BCUT2D eigenvalue weighted by atomic mass is 10.2. The highest BCUT2D eigenvalue weighted by atomic mass is 35.7. The van der Waals surface area contributed by atoms with Crippen molar-refractivity contribution in [1.82, 2.24) is 9.55 Å². The third-order valence-corrected chi connectivity index (χ3v) is 3.50. The van der Waals surface area contributed by atoms with Crippen LogP contribution < -0.4 is 0 Å². The van der Waals surface area contributed by atoms with Gasteiger partial charge in [0.2, 0.25) is 0 Å². The van der Waals surface area contributed by atoms with E-state index in [4.69, 9.17) is 10.7 Å². The van der Waals surface area contributed by atoms with Crippen LogP contribution in [0.1, 0.15) is 11.3 Å². The van der Waals surface area contributed by atoms with Crippen molar-refractivity contribution < 1.29 is 4.55 Å². The Morgan fingerprint density at radius 2 is 2.12 bits per heavy atom. The van der Waals surface area contributed by atoms with Gasteiger partial charge >= 0.3 is 0 Å². The number of hydrogen-bond donors (Lipinski definition) is 0. The van der Waals surface area contributed by atoms with Crippen LogP contribution in [0.15, 0.2) is 35.6 Å². The molecular weight excluding hydrogens is 244 g/mol. The van der Waals surface area contributed by atoms with E-state index in [2.05, 4.69) is 4.98 Å². The molecule has 1 atom stereocenters. The van der Waals surface area contributed by atoms with Crippen LogP contribution in [-0.2, 0) is 10.4 Å². The Labute approximate surface area is 102 Å². The van der Waals surface area contributed by atoms with Gasteiger partial charge in [0, 0.05) is 11.9 Å². The van der Waals surface area contributed by atoms with Crippen molar-refractivity contribution in [2.75, 3.05) is 0 Å². The van der Waals surface area contributed by atoms with Crippen LogP contribution in [0.3, 0.4) is 0 Å². The lowest BCUT2D eigenvalue weighted by molar-refractivity contribution is 0.608. The highest BCUT2D eigenvalue weighted by Crippen LogP contribution is 2.21. The Hall–Kier alpha value is -0.970. The molecule has 2 aromatic rings. The summed E-state index contributed by atoms with van der Waals surface area (Å²) >= 11 is 0. The smallest absolute Gasteiger partial charge is 0.181 e. The molecule has 0 bridgehead atoms. The molecule has 3 nitrogen and oxygen atoms in total. The summed E-state index contributed by atoms with van der Waals surface area (Å²) in [5.74, 6) is 0. The molecule has 84 valence electrons. The molecule has 16 heavy (non-hydrogen) atoms. The summed E-state index contributed by atoms with van der Waals surface area (Å²) in [5, 5.41) is 0. The molecular formula is C11H11ClN2OS. The van der Waals surface area contributed by atoms with Crippen molar-refractivity contribution >= 4 is 21.1 Å². The summed E-state index contributed by atoms with van der Waals surface area (Å²) in [5.41, 5.74) is 3.00. The lowest BCUT2D eigenvalue weighted by Gasteiger charge is -2.07. The number of halogens is 1. The van der Waals surface area contributed by atoms with Crippen LogP contribution >= 0.6 is 10.7 Å². The Morgan fingerprint density at radius 1 is 1.38 bits per heavy atom. The minimum Gasteiger partial charge on any atom is -0.594 e. The first-order valence-corrected chi connectivity index (χ1v) is 6.75. The Kier molecular flexibility index (Phi) is 3.23. The highest BCUT2D eigenvalue weighted by Gasteiger charge is 2.10. The SMILES string of the molecule is Cc1cn(-c2ccc([S+]([O-])Cl)cc2C)cn1. The Bertz CT molecular complexity index is 510. The lowest BCUT2D eigenvalue weighted by Crippen LogP contribution is -1.97. The number of aromatic nitrogens is 2. The molecule has 1 aromatic heterocycles. The van der Waals surface area contributed by atoms with Crippen molar-refractivity contribution in [3.63, 3.8) is 0 Å². The number of hydrogen-bond acceptors (Lipinski definition) is 2. The predicted octanol–water partition coefficient (Wildman–Crippen LogP) is 2.75. The van der Waals surface area contributed by atoms with Gasteiger partial charge in [0.15, 0.2) is 15.6 Å². The van der Waals surface area contributed by atoms with E-state index in [1.54, 1.807) is 12.4 Å². The predicted molar refractivity (Wildman–Crippen MR) is 65.3 cm³/mol. The second kappa shape index (κ2) is 4.49. The number of aryl methyl sites for hydroxylation is 2. The molecule has 0 spiro atoms. The van der Waals surface area contributed by atoms with Crippen molar-refractivity contribution in [1.29, 1.82) is 0 Å². The van der Waals surface area contributed by atoms with E-state index in [1.807, 2.05) is 36.7 Å². The Balaban J connectivity index is 2.44. The first-order chi connectivity index (χ1) is 7.58. The van der Waals surface area contributed by atoms with Gasteiger partial charge in [0.05, 0.1) is 12.0 Å². The van der Waals surface area contributed by atoms with Crippen molar-refractivity contribution in [3.8, 4) is 5.69 Å². The standard InChI is InChI=1S/C11H11ClN2OS/c1-8-5-10(16(12)15)3-4-11(8)14-6-9(2)13-7-14/h3-7H,1-2H3. The second-order valence-corrected chi connectivity index (χ2v) is 5.35. The quantitative estimate of drug-likeness (QED) is 0.774. The van der Waals surface area contributed by atoms with Gasteiger partial charge < -0.3 is 9.12 Å². The van der Waals surface area contributed by atoms with Gasteiger partial charge in [0.1, 0.15) is 10.4 Å². The van der Waals surface area contributed by atoms with E-state index in [-0.39, 0.29) is 0 Å². The zero-order valence-corrected chi connectivity index (χ0v) is 10.5. The molecule has 2 rings (SSSR count). The molecule has 0 radical (unpaired) electrons. The average molecular weight is 255 g/mol. The number of imidazole rings is 1. The molecule has 0 N–H and O–H groups in total. The first kappa shape index (κ1) is 11.5. The summed E-state index contributed by atoms with van der Waals surface area (Å²) in [6, 6.07) is 5.49. The van der Waals surface area contributed by atoms with Gasteiger partial charge in [0.25, 0.3) is 0 Å². The molecule has 0 fully saturated rings. The maximum absolute atomic E-state index is 11.1. The van der Waals surface area contributed by atoms with Gasteiger partial charge in [-0.15, -0.1) is 0 Å². The maximum Gasteiger partial charge on any atom is 0.181 e. The van der Waals surface area contributed by atoms with Crippen molar-refractivity contribution in [3.05, 3.63) is 42.0 Å². The van der Waals surface area contributed by atoms with E-state index >= 15 is 0 Å². The van der Waals surface area contributed by atoms with Crippen LogP contribution in [0.25, 0.3) is 5.69 Å². The van der Waals surface area contributed by atoms with Gasteiger partial charge in [-0.2, -0.15) is 0 Å². The zero-order chi connectivity index (χ0) is 11.7. The van der Waals surface area contributed by atoms with Gasteiger partial charge in [-0.3, -0.25) is 0 Å².